The molecular weight excluding hydrogens is 309 g/mol. The van der Waals surface area contributed by atoms with Crippen molar-refractivity contribution in [1.29, 1.82) is 0 Å². The first-order valence-corrected chi connectivity index (χ1v) is 7.31. The highest BCUT2D eigenvalue weighted by molar-refractivity contribution is 6.37. The zero-order valence-electron chi connectivity index (χ0n) is 11.5. The van der Waals surface area contributed by atoms with E-state index >= 15 is 0 Å². The number of hydrogen-bond donors (Lipinski definition) is 1. The standard InChI is InChI=1S/C16H15Cl2NO2/c1-2-21-15-13(17)8-12(9-14(15)18)16(20)19-10-11-6-4-3-5-7-11/h3-9H,2,10H2,1H3,(H,19,20). The van der Waals surface area contributed by atoms with E-state index in [0.29, 0.717) is 34.5 Å². The Morgan fingerprint density at radius 1 is 1.14 bits per heavy atom. The summed E-state index contributed by atoms with van der Waals surface area (Å²) in [5.74, 6) is 0.172. The fourth-order valence-electron chi connectivity index (χ4n) is 1.85. The lowest BCUT2D eigenvalue weighted by Crippen LogP contribution is -2.22. The van der Waals surface area contributed by atoms with Crippen LogP contribution in [0.15, 0.2) is 42.5 Å². The topological polar surface area (TPSA) is 38.3 Å². The molecule has 0 saturated carbocycles. The summed E-state index contributed by atoms with van der Waals surface area (Å²) < 4.78 is 5.34. The van der Waals surface area contributed by atoms with Crippen LogP contribution in [-0.4, -0.2) is 12.5 Å². The number of nitrogens with one attached hydrogen (secondary N) is 1. The molecule has 0 fully saturated rings. The van der Waals surface area contributed by atoms with E-state index in [2.05, 4.69) is 5.32 Å². The molecule has 0 heterocycles. The Balaban J connectivity index is 2.09. The number of carbonyl (C=O) groups excluding carboxylic acids is 1. The van der Waals surface area contributed by atoms with Crippen molar-refractivity contribution in [3.8, 4) is 5.75 Å². The Labute approximate surface area is 133 Å². The summed E-state index contributed by atoms with van der Waals surface area (Å²) in [4.78, 5) is 12.1. The van der Waals surface area contributed by atoms with Gasteiger partial charge in [-0.15, -0.1) is 0 Å². The summed E-state index contributed by atoms with van der Waals surface area (Å²) in [6.45, 7) is 2.74. The predicted octanol–water partition coefficient (Wildman–Crippen LogP) is 4.32. The molecule has 1 amide bonds. The maximum Gasteiger partial charge on any atom is 0.251 e. The van der Waals surface area contributed by atoms with Crippen molar-refractivity contribution in [3.63, 3.8) is 0 Å². The van der Waals surface area contributed by atoms with E-state index in [9.17, 15) is 4.79 Å². The van der Waals surface area contributed by atoms with Crippen molar-refractivity contribution < 1.29 is 9.53 Å². The second-order valence-electron chi connectivity index (χ2n) is 4.37. The van der Waals surface area contributed by atoms with Crippen molar-refractivity contribution in [1.82, 2.24) is 5.32 Å². The molecule has 2 aromatic rings. The van der Waals surface area contributed by atoms with Crippen LogP contribution in [0.3, 0.4) is 0 Å². The molecule has 0 saturated heterocycles. The summed E-state index contributed by atoms with van der Waals surface area (Å²) >= 11 is 12.2. The van der Waals surface area contributed by atoms with Crippen LogP contribution < -0.4 is 10.1 Å². The number of halogens is 2. The van der Waals surface area contributed by atoms with E-state index < -0.39 is 0 Å². The van der Waals surface area contributed by atoms with Crippen LogP contribution in [-0.2, 0) is 6.54 Å². The molecule has 5 heteroatoms. The van der Waals surface area contributed by atoms with Gasteiger partial charge in [-0.05, 0) is 24.6 Å². The second-order valence-corrected chi connectivity index (χ2v) is 5.18. The van der Waals surface area contributed by atoms with Gasteiger partial charge >= 0.3 is 0 Å². The van der Waals surface area contributed by atoms with Gasteiger partial charge in [0.2, 0.25) is 0 Å². The van der Waals surface area contributed by atoms with Crippen LogP contribution in [0, 0.1) is 0 Å². The molecule has 0 unspecified atom stereocenters. The molecule has 3 nitrogen and oxygen atoms in total. The smallest absolute Gasteiger partial charge is 0.251 e. The van der Waals surface area contributed by atoms with Crippen molar-refractivity contribution in [2.24, 2.45) is 0 Å². The zero-order valence-corrected chi connectivity index (χ0v) is 13.0. The van der Waals surface area contributed by atoms with Gasteiger partial charge in [-0.3, -0.25) is 4.79 Å². The maximum atomic E-state index is 12.1. The summed E-state index contributed by atoms with van der Waals surface area (Å²) in [6.07, 6.45) is 0. The van der Waals surface area contributed by atoms with Crippen molar-refractivity contribution in [3.05, 3.63) is 63.6 Å². The maximum absolute atomic E-state index is 12.1. The molecule has 2 aromatic carbocycles. The van der Waals surface area contributed by atoms with Crippen LogP contribution in [0.1, 0.15) is 22.8 Å². The molecule has 110 valence electrons. The highest BCUT2D eigenvalue weighted by Gasteiger charge is 2.13. The van der Waals surface area contributed by atoms with Gasteiger partial charge in [0.25, 0.3) is 5.91 Å². The lowest BCUT2D eigenvalue weighted by atomic mass is 10.2. The van der Waals surface area contributed by atoms with Gasteiger partial charge < -0.3 is 10.1 Å². The quantitative estimate of drug-likeness (QED) is 0.889. The van der Waals surface area contributed by atoms with Gasteiger partial charge in [-0.25, -0.2) is 0 Å². The molecule has 21 heavy (non-hydrogen) atoms. The van der Waals surface area contributed by atoms with Gasteiger partial charge in [-0.2, -0.15) is 0 Å². The third-order valence-electron chi connectivity index (χ3n) is 2.85. The summed E-state index contributed by atoms with van der Waals surface area (Å²) in [7, 11) is 0. The Morgan fingerprint density at radius 2 is 1.76 bits per heavy atom. The minimum Gasteiger partial charge on any atom is -0.491 e. The Bertz CT molecular complexity index is 606. The molecule has 0 aromatic heterocycles. The fourth-order valence-corrected chi connectivity index (χ4v) is 2.45. The van der Waals surface area contributed by atoms with Gasteiger partial charge in [0, 0.05) is 12.1 Å². The fraction of sp³-hybridized carbons (Fsp3) is 0.188. The summed E-state index contributed by atoms with van der Waals surface area (Å²) in [6, 6.07) is 12.8. The molecular formula is C16H15Cl2NO2. The molecule has 0 aliphatic carbocycles. The minimum atomic E-state index is -0.231. The first-order chi connectivity index (χ1) is 10.1. The van der Waals surface area contributed by atoms with Crippen LogP contribution >= 0.6 is 23.2 Å². The Morgan fingerprint density at radius 3 is 2.33 bits per heavy atom. The minimum absolute atomic E-state index is 0.231. The lowest BCUT2D eigenvalue weighted by molar-refractivity contribution is 0.0951. The molecule has 0 bridgehead atoms. The SMILES string of the molecule is CCOc1c(Cl)cc(C(=O)NCc2ccccc2)cc1Cl. The molecule has 0 atom stereocenters. The average molecular weight is 324 g/mol. The van der Waals surface area contributed by atoms with E-state index in [1.807, 2.05) is 37.3 Å². The number of ether oxygens (including phenoxy) is 1. The van der Waals surface area contributed by atoms with Crippen molar-refractivity contribution in [2.75, 3.05) is 6.61 Å². The predicted molar refractivity (Wildman–Crippen MR) is 85.2 cm³/mol. The highest BCUT2D eigenvalue weighted by atomic mass is 35.5. The first kappa shape index (κ1) is 15.7. The van der Waals surface area contributed by atoms with E-state index in [1.54, 1.807) is 12.1 Å². The first-order valence-electron chi connectivity index (χ1n) is 6.55. The van der Waals surface area contributed by atoms with Gasteiger partial charge in [0.15, 0.2) is 5.75 Å². The van der Waals surface area contributed by atoms with Crippen LogP contribution in [0.4, 0.5) is 0 Å². The molecule has 0 spiro atoms. The van der Waals surface area contributed by atoms with E-state index in [1.165, 1.54) is 0 Å². The largest absolute Gasteiger partial charge is 0.491 e. The number of benzene rings is 2. The monoisotopic (exact) mass is 323 g/mol. The van der Waals surface area contributed by atoms with Crippen molar-refractivity contribution >= 4 is 29.1 Å². The number of carbonyl (C=O) groups is 1. The average Bonchev–Trinajstić information content (AvgIpc) is 2.49. The summed E-state index contributed by atoms with van der Waals surface area (Å²) in [5.41, 5.74) is 1.43. The Kier molecular flexibility index (Phi) is 5.48. The van der Waals surface area contributed by atoms with Crippen LogP contribution in [0.5, 0.6) is 5.75 Å². The number of hydrogen-bond acceptors (Lipinski definition) is 2. The lowest BCUT2D eigenvalue weighted by Gasteiger charge is -2.11. The summed E-state index contributed by atoms with van der Waals surface area (Å²) in [5, 5.41) is 3.48. The molecule has 1 N–H and O–H groups in total. The normalized spacial score (nSPS) is 10.2. The van der Waals surface area contributed by atoms with Gasteiger partial charge in [0.05, 0.1) is 16.7 Å². The third-order valence-corrected chi connectivity index (χ3v) is 3.41. The van der Waals surface area contributed by atoms with Gasteiger partial charge in [-0.1, -0.05) is 53.5 Å². The zero-order chi connectivity index (χ0) is 15.2. The van der Waals surface area contributed by atoms with E-state index in [0.717, 1.165) is 5.56 Å². The molecule has 0 aliphatic heterocycles. The van der Waals surface area contributed by atoms with Crippen LogP contribution in [0.2, 0.25) is 10.0 Å². The molecule has 0 aliphatic rings. The highest BCUT2D eigenvalue weighted by Crippen LogP contribution is 2.34. The van der Waals surface area contributed by atoms with E-state index in [-0.39, 0.29) is 5.91 Å². The number of rotatable bonds is 5. The second kappa shape index (κ2) is 7.34. The molecule has 2 rings (SSSR count). The van der Waals surface area contributed by atoms with E-state index in [4.69, 9.17) is 27.9 Å². The number of amides is 1. The molecule has 0 radical (unpaired) electrons. The van der Waals surface area contributed by atoms with Crippen molar-refractivity contribution in [2.45, 2.75) is 13.5 Å². The van der Waals surface area contributed by atoms with Gasteiger partial charge in [0.1, 0.15) is 0 Å². The Hall–Kier alpha value is -1.71. The third kappa shape index (κ3) is 4.13. The van der Waals surface area contributed by atoms with Crippen LogP contribution in [0.25, 0.3) is 0 Å².